The Morgan fingerprint density at radius 2 is 1.80 bits per heavy atom. The number of urea groups is 1. The third kappa shape index (κ3) is 4.77. The van der Waals surface area contributed by atoms with Crippen LogP contribution in [0.2, 0.25) is 0 Å². The molecular formula is C26H36N4O5. The van der Waals surface area contributed by atoms with Crippen LogP contribution in [0, 0.1) is 17.8 Å². The number of fused-ring (bicyclic) bond motifs is 4. The molecule has 2 bridgehead atoms. The number of carbonyl (C=O) groups excluding carboxylic acids is 3. The first-order valence-corrected chi connectivity index (χ1v) is 12.8. The van der Waals surface area contributed by atoms with E-state index >= 15 is 0 Å². The van der Waals surface area contributed by atoms with Crippen molar-refractivity contribution < 1.29 is 23.9 Å². The second kappa shape index (κ2) is 9.95. The van der Waals surface area contributed by atoms with Crippen molar-refractivity contribution in [3.05, 3.63) is 18.2 Å². The molecule has 4 amide bonds. The minimum absolute atomic E-state index is 0.0572. The summed E-state index contributed by atoms with van der Waals surface area (Å²) in [5.74, 6) is 2.07. The standard InChI is InChI=1S/C26H36N4O5/c1-34-20-6-7-23(35-2)21(13-20)27-25(32)18-8-10-28(11-9-18)26(33)29-14-17-12-19(16-29)22-4-3-5-24(31)30(22)15-17/h6-7,13,17-19,22H,3-5,8-12,14-16H2,1-2H3,(H,27,32)/t17?,19?,22-/m1/s1. The number of ether oxygens (including phenoxy) is 2. The molecule has 0 aromatic heterocycles. The zero-order valence-corrected chi connectivity index (χ0v) is 20.7. The third-order valence-electron chi connectivity index (χ3n) is 8.25. The fourth-order valence-electron chi connectivity index (χ4n) is 6.45. The zero-order valence-electron chi connectivity index (χ0n) is 20.7. The Kier molecular flexibility index (Phi) is 6.75. The summed E-state index contributed by atoms with van der Waals surface area (Å²) in [5, 5.41) is 2.98. The minimum Gasteiger partial charge on any atom is -0.497 e. The first-order chi connectivity index (χ1) is 17.0. The van der Waals surface area contributed by atoms with Gasteiger partial charge in [0.1, 0.15) is 11.5 Å². The summed E-state index contributed by atoms with van der Waals surface area (Å²) in [7, 11) is 3.15. The molecule has 4 fully saturated rings. The van der Waals surface area contributed by atoms with Crippen molar-refractivity contribution in [2.75, 3.05) is 52.3 Å². The molecule has 4 heterocycles. The Hall–Kier alpha value is -2.97. The number of hydrogen-bond acceptors (Lipinski definition) is 5. The van der Waals surface area contributed by atoms with Crippen LogP contribution in [0.5, 0.6) is 11.5 Å². The lowest BCUT2D eigenvalue weighted by Gasteiger charge is -2.53. The maximum Gasteiger partial charge on any atom is 0.320 e. The minimum atomic E-state index is -0.155. The van der Waals surface area contributed by atoms with E-state index in [1.165, 1.54) is 0 Å². The Bertz CT molecular complexity index is 976. The molecule has 2 unspecified atom stereocenters. The van der Waals surface area contributed by atoms with Gasteiger partial charge in [-0.15, -0.1) is 0 Å². The monoisotopic (exact) mass is 484 g/mol. The zero-order chi connectivity index (χ0) is 24.5. The second-order valence-corrected chi connectivity index (χ2v) is 10.4. The molecule has 35 heavy (non-hydrogen) atoms. The van der Waals surface area contributed by atoms with Crippen LogP contribution in [0.15, 0.2) is 18.2 Å². The first-order valence-electron chi connectivity index (χ1n) is 12.8. The molecule has 9 nitrogen and oxygen atoms in total. The Labute approximate surface area is 206 Å². The maximum absolute atomic E-state index is 13.4. The van der Waals surface area contributed by atoms with Crippen molar-refractivity contribution in [2.45, 2.75) is 44.6 Å². The second-order valence-electron chi connectivity index (χ2n) is 10.4. The molecule has 3 atom stereocenters. The number of methoxy groups -OCH3 is 2. The molecule has 5 rings (SSSR count). The molecule has 1 aromatic rings. The van der Waals surface area contributed by atoms with Crippen LogP contribution in [-0.2, 0) is 9.59 Å². The van der Waals surface area contributed by atoms with Gasteiger partial charge < -0.3 is 29.5 Å². The number of amides is 4. The molecule has 1 N–H and O–H groups in total. The summed E-state index contributed by atoms with van der Waals surface area (Å²) >= 11 is 0. The Morgan fingerprint density at radius 3 is 2.54 bits per heavy atom. The quantitative estimate of drug-likeness (QED) is 0.710. The van der Waals surface area contributed by atoms with E-state index in [2.05, 4.69) is 10.2 Å². The SMILES string of the molecule is COc1ccc(OC)c(NC(=O)C2CCN(C(=O)N3CC4CC(C3)[C@H]3CCCC(=O)N3C4)CC2)c1. The van der Waals surface area contributed by atoms with Crippen molar-refractivity contribution >= 4 is 23.5 Å². The number of benzene rings is 1. The van der Waals surface area contributed by atoms with E-state index in [4.69, 9.17) is 9.47 Å². The molecule has 4 aliphatic heterocycles. The third-order valence-corrected chi connectivity index (χ3v) is 8.25. The summed E-state index contributed by atoms with van der Waals surface area (Å²) in [4.78, 5) is 44.7. The number of nitrogens with one attached hydrogen (secondary N) is 1. The maximum atomic E-state index is 13.4. The topological polar surface area (TPSA) is 91.4 Å². The molecular weight excluding hydrogens is 448 g/mol. The largest absolute Gasteiger partial charge is 0.497 e. The van der Waals surface area contributed by atoms with Gasteiger partial charge in [-0.25, -0.2) is 4.79 Å². The van der Waals surface area contributed by atoms with E-state index in [9.17, 15) is 14.4 Å². The van der Waals surface area contributed by atoms with Gasteiger partial charge in [0.2, 0.25) is 11.8 Å². The lowest BCUT2D eigenvalue weighted by atomic mass is 9.76. The molecule has 4 aliphatic rings. The Morgan fingerprint density at radius 1 is 1.00 bits per heavy atom. The smallest absolute Gasteiger partial charge is 0.320 e. The molecule has 0 aliphatic carbocycles. The predicted octanol–water partition coefficient (Wildman–Crippen LogP) is 2.81. The lowest BCUT2D eigenvalue weighted by Crippen LogP contribution is -2.62. The molecule has 1 aromatic carbocycles. The van der Waals surface area contributed by atoms with Crippen LogP contribution in [0.25, 0.3) is 0 Å². The highest BCUT2D eigenvalue weighted by atomic mass is 16.5. The first kappa shape index (κ1) is 23.8. The van der Waals surface area contributed by atoms with Gasteiger partial charge in [-0.1, -0.05) is 0 Å². The number of carbonyl (C=O) groups is 3. The van der Waals surface area contributed by atoms with Gasteiger partial charge in [-0.3, -0.25) is 9.59 Å². The van der Waals surface area contributed by atoms with E-state index in [0.717, 1.165) is 38.9 Å². The normalized spacial score (nSPS) is 26.7. The molecule has 0 spiro atoms. The average molecular weight is 485 g/mol. The summed E-state index contributed by atoms with van der Waals surface area (Å²) in [6, 6.07) is 5.70. The van der Waals surface area contributed by atoms with Crippen LogP contribution in [0.4, 0.5) is 10.5 Å². The van der Waals surface area contributed by atoms with Crippen LogP contribution in [0.1, 0.15) is 38.5 Å². The van der Waals surface area contributed by atoms with Gasteiger partial charge in [0.15, 0.2) is 0 Å². The molecule has 4 saturated heterocycles. The summed E-state index contributed by atoms with van der Waals surface area (Å²) < 4.78 is 10.6. The van der Waals surface area contributed by atoms with E-state index in [-0.39, 0.29) is 17.9 Å². The van der Waals surface area contributed by atoms with Crippen LogP contribution < -0.4 is 14.8 Å². The number of hydrogen-bond donors (Lipinski definition) is 1. The van der Waals surface area contributed by atoms with Crippen LogP contribution >= 0.6 is 0 Å². The van der Waals surface area contributed by atoms with Gasteiger partial charge >= 0.3 is 6.03 Å². The summed E-state index contributed by atoms with van der Waals surface area (Å²) in [6.45, 7) is 3.40. The van der Waals surface area contributed by atoms with E-state index in [0.29, 0.717) is 73.3 Å². The highest BCUT2D eigenvalue weighted by Crippen LogP contribution is 2.38. The fraction of sp³-hybridized carbons (Fsp3) is 0.654. The van der Waals surface area contributed by atoms with Crippen molar-refractivity contribution in [2.24, 2.45) is 17.8 Å². The van der Waals surface area contributed by atoms with Crippen molar-refractivity contribution in [3.63, 3.8) is 0 Å². The average Bonchev–Trinajstić information content (AvgIpc) is 2.88. The molecule has 9 heteroatoms. The van der Waals surface area contributed by atoms with Gasteiger partial charge in [-0.2, -0.15) is 0 Å². The van der Waals surface area contributed by atoms with E-state index in [1.807, 2.05) is 9.80 Å². The number of anilines is 1. The Balaban J connectivity index is 1.16. The van der Waals surface area contributed by atoms with Gasteiger partial charge in [-0.05, 0) is 56.1 Å². The summed E-state index contributed by atoms with van der Waals surface area (Å²) in [5.41, 5.74) is 0.588. The molecule has 190 valence electrons. The van der Waals surface area contributed by atoms with Crippen molar-refractivity contribution in [1.82, 2.24) is 14.7 Å². The number of piperidine rings is 4. The van der Waals surface area contributed by atoms with Crippen LogP contribution in [0.3, 0.4) is 0 Å². The van der Waals surface area contributed by atoms with Gasteiger partial charge in [0, 0.05) is 57.2 Å². The highest BCUT2D eigenvalue weighted by Gasteiger charge is 2.45. The lowest BCUT2D eigenvalue weighted by molar-refractivity contribution is -0.144. The fourth-order valence-corrected chi connectivity index (χ4v) is 6.45. The van der Waals surface area contributed by atoms with Crippen molar-refractivity contribution in [1.29, 1.82) is 0 Å². The van der Waals surface area contributed by atoms with Gasteiger partial charge in [0.25, 0.3) is 0 Å². The predicted molar refractivity (Wildman–Crippen MR) is 130 cm³/mol. The molecule has 0 saturated carbocycles. The highest BCUT2D eigenvalue weighted by molar-refractivity contribution is 5.94. The van der Waals surface area contributed by atoms with Gasteiger partial charge in [0.05, 0.1) is 19.9 Å². The van der Waals surface area contributed by atoms with Crippen LogP contribution in [-0.4, -0.2) is 85.5 Å². The number of nitrogens with zero attached hydrogens (tertiary/aromatic N) is 3. The summed E-state index contributed by atoms with van der Waals surface area (Å²) in [6.07, 6.45) is 5.08. The number of likely N-dealkylation sites (tertiary alicyclic amines) is 2. The number of rotatable bonds is 4. The molecule has 0 radical (unpaired) electrons. The van der Waals surface area contributed by atoms with E-state index < -0.39 is 0 Å². The van der Waals surface area contributed by atoms with Crippen molar-refractivity contribution in [3.8, 4) is 11.5 Å². The van der Waals surface area contributed by atoms with E-state index in [1.54, 1.807) is 32.4 Å².